The average molecular weight is 171 g/mol. The molecule has 12 heavy (non-hydrogen) atoms. The van der Waals surface area contributed by atoms with Crippen LogP contribution in [0.15, 0.2) is 0 Å². The number of nitrogens with two attached hydrogens (primary N) is 1. The van der Waals surface area contributed by atoms with Crippen LogP contribution < -0.4 is 11.1 Å². The van der Waals surface area contributed by atoms with Crippen LogP contribution in [0.4, 0.5) is 0 Å². The van der Waals surface area contributed by atoms with Gasteiger partial charge in [0, 0.05) is 6.54 Å². The van der Waals surface area contributed by atoms with E-state index < -0.39 is 5.60 Å². The van der Waals surface area contributed by atoms with E-state index in [4.69, 9.17) is 10.5 Å². The van der Waals surface area contributed by atoms with Crippen LogP contribution in [-0.4, -0.2) is 31.2 Å². The van der Waals surface area contributed by atoms with Crippen molar-refractivity contribution in [2.75, 3.05) is 19.7 Å². The predicted octanol–water partition coefficient (Wildman–Crippen LogP) is -0.355. The van der Waals surface area contributed by atoms with Crippen LogP contribution in [0.2, 0.25) is 0 Å². The fraction of sp³-hybridized carbons (Fsp3) is 0.875. The highest BCUT2D eigenvalue weighted by Gasteiger charge is 2.38. The maximum atomic E-state index is 11.1. The van der Waals surface area contributed by atoms with Crippen LogP contribution in [-0.2, 0) is 9.53 Å². The third-order valence-electron chi connectivity index (χ3n) is 2.10. The van der Waals surface area contributed by atoms with Gasteiger partial charge < -0.3 is 10.5 Å². The van der Waals surface area contributed by atoms with Gasteiger partial charge in [-0.3, -0.25) is 4.79 Å². The molecule has 0 aliphatic carbocycles. The molecule has 4 nitrogen and oxygen atoms in total. The molecule has 0 aromatic rings. The predicted molar refractivity (Wildman–Crippen MR) is 44.7 cm³/mol. The van der Waals surface area contributed by atoms with Gasteiger partial charge >= 0.3 is 0 Å². The number of ether oxygens (including phenoxy) is 1. The number of rotatable bonds is 3. The van der Waals surface area contributed by atoms with Crippen molar-refractivity contribution in [1.29, 1.82) is 0 Å². The van der Waals surface area contributed by atoms with Crippen molar-refractivity contribution in [1.82, 2.24) is 5.32 Å². The zero-order chi connectivity index (χ0) is 9.03. The number of hydrogen-bond donors (Lipinski definition) is 1. The number of primary amides is 1. The monoisotopic (exact) mass is 171 g/mol. The molecule has 1 radical (unpaired) electrons. The Hall–Kier alpha value is -0.610. The molecule has 1 unspecified atom stereocenters. The minimum Gasteiger partial charge on any atom is -0.367 e. The number of carbonyl (C=O) groups excluding carboxylic acids is 1. The second-order valence-electron chi connectivity index (χ2n) is 3.06. The van der Waals surface area contributed by atoms with Gasteiger partial charge in [-0.15, -0.1) is 0 Å². The Morgan fingerprint density at radius 3 is 2.92 bits per heavy atom. The fourth-order valence-corrected chi connectivity index (χ4v) is 1.44. The van der Waals surface area contributed by atoms with E-state index in [0.717, 1.165) is 6.42 Å². The molecule has 0 bridgehead atoms. The van der Waals surface area contributed by atoms with E-state index in [0.29, 0.717) is 26.1 Å². The van der Waals surface area contributed by atoms with Gasteiger partial charge in [0.1, 0.15) is 0 Å². The highest BCUT2D eigenvalue weighted by Crippen LogP contribution is 2.19. The van der Waals surface area contributed by atoms with Crippen LogP contribution in [0.1, 0.15) is 19.8 Å². The summed E-state index contributed by atoms with van der Waals surface area (Å²) in [7, 11) is 0. The summed E-state index contributed by atoms with van der Waals surface area (Å²) >= 11 is 0. The second-order valence-corrected chi connectivity index (χ2v) is 3.06. The molecule has 1 heterocycles. The van der Waals surface area contributed by atoms with Gasteiger partial charge in [0.15, 0.2) is 5.60 Å². The average Bonchev–Trinajstić information content (AvgIpc) is 2.06. The van der Waals surface area contributed by atoms with E-state index in [1.807, 2.05) is 6.92 Å². The Bertz CT molecular complexity index is 159. The lowest BCUT2D eigenvalue weighted by molar-refractivity contribution is -0.148. The van der Waals surface area contributed by atoms with Gasteiger partial charge in [-0.05, 0) is 6.42 Å². The molecular formula is C8H15N2O2. The largest absolute Gasteiger partial charge is 0.367 e. The maximum absolute atomic E-state index is 11.1. The maximum Gasteiger partial charge on any atom is 0.251 e. The number of hydrogen-bond acceptors (Lipinski definition) is 2. The number of amides is 1. The van der Waals surface area contributed by atoms with E-state index in [9.17, 15) is 4.79 Å². The quantitative estimate of drug-likeness (QED) is 0.630. The first-order valence-corrected chi connectivity index (χ1v) is 4.28. The summed E-state index contributed by atoms with van der Waals surface area (Å²) in [5, 5.41) is 4.14. The molecular weight excluding hydrogens is 156 g/mol. The van der Waals surface area contributed by atoms with Crippen molar-refractivity contribution < 1.29 is 9.53 Å². The van der Waals surface area contributed by atoms with Crippen molar-refractivity contribution in [3.63, 3.8) is 0 Å². The first-order chi connectivity index (χ1) is 5.71. The Morgan fingerprint density at radius 1 is 1.75 bits per heavy atom. The molecule has 0 aromatic carbocycles. The molecule has 1 aliphatic heterocycles. The van der Waals surface area contributed by atoms with Crippen LogP contribution >= 0.6 is 0 Å². The van der Waals surface area contributed by atoms with Crippen LogP contribution in [0.5, 0.6) is 0 Å². The van der Waals surface area contributed by atoms with E-state index in [-0.39, 0.29) is 5.91 Å². The lowest BCUT2D eigenvalue weighted by atomic mass is 9.96. The lowest BCUT2D eigenvalue weighted by Crippen LogP contribution is -2.55. The topological polar surface area (TPSA) is 66.4 Å². The molecule has 2 N–H and O–H groups in total. The van der Waals surface area contributed by atoms with Crippen LogP contribution in [0.3, 0.4) is 0 Å². The Labute approximate surface area is 72.5 Å². The molecule has 1 amide bonds. The molecule has 1 rings (SSSR count). The molecule has 1 saturated heterocycles. The van der Waals surface area contributed by atoms with Gasteiger partial charge in [-0.2, -0.15) is 0 Å². The highest BCUT2D eigenvalue weighted by molar-refractivity contribution is 5.83. The number of morpholine rings is 1. The third-order valence-corrected chi connectivity index (χ3v) is 2.10. The van der Waals surface area contributed by atoms with E-state index >= 15 is 0 Å². The Kier molecular flexibility index (Phi) is 3.05. The van der Waals surface area contributed by atoms with Gasteiger partial charge in [0.05, 0.1) is 13.2 Å². The molecule has 0 saturated carbocycles. The van der Waals surface area contributed by atoms with Crippen molar-refractivity contribution in [3.05, 3.63) is 0 Å². The van der Waals surface area contributed by atoms with Crippen LogP contribution in [0, 0.1) is 0 Å². The first kappa shape index (κ1) is 9.48. The van der Waals surface area contributed by atoms with Crippen molar-refractivity contribution >= 4 is 5.91 Å². The summed E-state index contributed by atoms with van der Waals surface area (Å²) < 4.78 is 5.40. The van der Waals surface area contributed by atoms with Gasteiger partial charge in [0.25, 0.3) is 5.91 Å². The summed E-state index contributed by atoms with van der Waals surface area (Å²) in [6, 6.07) is 0. The SMILES string of the molecule is CCCC1(C(N)=O)C[N]CCO1. The summed E-state index contributed by atoms with van der Waals surface area (Å²) in [5.41, 5.74) is 4.47. The zero-order valence-electron chi connectivity index (χ0n) is 7.38. The normalized spacial score (nSPS) is 30.1. The number of nitrogens with zero attached hydrogens (tertiary/aromatic N) is 1. The van der Waals surface area contributed by atoms with Gasteiger partial charge in [-0.1, -0.05) is 13.3 Å². The van der Waals surface area contributed by atoms with E-state index in [1.165, 1.54) is 0 Å². The smallest absolute Gasteiger partial charge is 0.251 e. The molecule has 0 spiro atoms. The molecule has 1 aliphatic rings. The minimum absolute atomic E-state index is 0.382. The van der Waals surface area contributed by atoms with E-state index in [2.05, 4.69) is 5.32 Å². The molecule has 1 atom stereocenters. The first-order valence-electron chi connectivity index (χ1n) is 4.28. The van der Waals surface area contributed by atoms with Crippen LogP contribution in [0.25, 0.3) is 0 Å². The summed E-state index contributed by atoms with van der Waals surface area (Å²) in [6.07, 6.45) is 1.56. The lowest BCUT2D eigenvalue weighted by Gasteiger charge is -2.33. The van der Waals surface area contributed by atoms with Gasteiger partial charge in [0.2, 0.25) is 0 Å². The van der Waals surface area contributed by atoms with Crippen molar-refractivity contribution in [2.24, 2.45) is 5.73 Å². The standard InChI is InChI=1S/C8H15N2O2/c1-2-3-8(7(9)11)6-10-4-5-12-8/h2-6H2,1H3,(H2,9,11). The summed E-state index contributed by atoms with van der Waals surface area (Å²) in [4.78, 5) is 11.1. The summed E-state index contributed by atoms with van der Waals surface area (Å²) in [6.45, 7) is 3.63. The summed E-state index contributed by atoms with van der Waals surface area (Å²) in [5.74, 6) is -0.382. The minimum atomic E-state index is -0.799. The number of carbonyl (C=O) groups is 1. The highest BCUT2D eigenvalue weighted by atomic mass is 16.5. The second kappa shape index (κ2) is 3.87. The molecule has 4 heteroatoms. The molecule has 0 aromatic heterocycles. The third kappa shape index (κ3) is 1.76. The van der Waals surface area contributed by atoms with Crippen molar-refractivity contribution in [2.45, 2.75) is 25.4 Å². The Morgan fingerprint density at radius 2 is 2.50 bits per heavy atom. The van der Waals surface area contributed by atoms with Gasteiger partial charge in [-0.25, -0.2) is 5.32 Å². The van der Waals surface area contributed by atoms with Crippen molar-refractivity contribution in [3.8, 4) is 0 Å². The zero-order valence-corrected chi connectivity index (χ0v) is 7.38. The van der Waals surface area contributed by atoms with E-state index in [1.54, 1.807) is 0 Å². The fourth-order valence-electron chi connectivity index (χ4n) is 1.44. The Balaban J connectivity index is 2.63. The molecule has 69 valence electrons. The molecule has 1 fully saturated rings.